The lowest BCUT2D eigenvalue weighted by Crippen LogP contribution is -2.33. The highest BCUT2D eigenvalue weighted by molar-refractivity contribution is 4.61. The quantitative estimate of drug-likeness (QED) is 0.583. The highest BCUT2D eigenvalue weighted by Crippen LogP contribution is 1.96. The topological polar surface area (TPSA) is 18.5 Å². The van der Waals surface area contributed by atoms with Crippen LogP contribution < -0.4 is 5.32 Å². The van der Waals surface area contributed by atoms with Gasteiger partial charge in [-0.15, -0.1) is 0 Å². The maximum atomic E-state index is 3.46. The van der Waals surface area contributed by atoms with Crippen LogP contribution in [0.2, 0.25) is 0 Å². The average molecular weight is 185 g/mol. The zero-order valence-corrected chi connectivity index (χ0v) is 9.05. The Kier molecular flexibility index (Phi) is 5.35. The van der Waals surface area contributed by atoms with E-state index >= 15 is 0 Å². The summed E-state index contributed by atoms with van der Waals surface area (Å²) in [5.74, 6) is 0. The van der Waals surface area contributed by atoms with Crippen LogP contribution in [-0.4, -0.2) is 63.2 Å². The minimum Gasteiger partial charge on any atom is -0.314 e. The van der Waals surface area contributed by atoms with Crippen LogP contribution in [0.3, 0.4) is 0 Å². The van der Waals surface area contributed by atoms with Crippen LogP contribution in [0, 0.1) is 0 Å². The van der Waals surface area contributed by atoms with E-state index in [-0.39, 0.29) is 0 Å². The summed E-state index contributed by atoms with van der Waals surface area (Å²) < 4.78 is 0. The molecule has 0 spiro atoms. The number of nitrogens with zero attached hydrogens (tertiary/aromatic N) is 2. The van der Waals surface area contributed by atoms with Crippen molar-refractivity contribution in [1.29, 1.82) is 0 Å². The summed E-state index contributed by atoms with van der Waals surface area (Å²) in [5, 5.41) is 3.46. The lowest BCUT2D eigenvalue weighted by molar-refractivity contribution is 0.313. The molecule has 0 bridgehead atoms. The number of nitrogens with one attached hydrogen (secondary N) is 1. The van der Waals surface area contributed by atoms with Gasteiger partial charge in [-0.1, -0.05) is 0 Å². The number of hydrogen-bond acceptors (Lipinski definition) is 3. The van der Waals surface area contributed by atoms with Crippen molar-refractivity contribution in [3.05, 3.63) is 0 Å². The van der Waals surface area contributed by atoms with E-state index in [0.29, 0.717) is 0 Å². The van der Waals surface area contributed by atoms with Crippen molar-refractivity contribution in [1.82, 2.24) is 15.1 Å². The first-order chi connectivity index (χ1) is 6.29. The normalized spacial score (nSPS) is 25.4. The molecule has 0 atom stereocenters. The summed E-state index contributed by atoms with van der Waals surface area (Å²) >= 11 is 0. The molecule has 1 fully saturated rings. The van der Waals surface area contributed by atoms with E-state index in [1.165, 1.54) is 39.0 Å². The molecule has 1 aliphatic heterocycles. The van der Waals surface area contributed by atoms with Gasteiger partial charge in [0.05, 0.1) is 0 Å². The van der Waals surface area contributed by atoms with Crippen molar-refractivity contribution in [3.8, 4) is 0 Å². The summed E-state index contributed by atoms with van der Waals surface area (Å²) in [6.07, 6.45) is 2.67. The Morgan fingerprint density at radius 3 is 1.69 bits per heavy atom. The molecule has 1 heterocycles. The molecule has 0 aromatic heterocycles. The van der Waals surface area contributed by atoms with Crippen molar-refractivity contribution in [2.75, 3.05) is 53.4 Å². The van der Waals surface area contributed by atoms with Gasteiger partial charge in [0.1, 0.15) is 0 Å². The molecule has 0 aromatic rings. The standard InChI is InChI=1S/C10H23N3/c1-12-7-3-4-8-13(2)10-6-11-5-9-12/h11H,3-10H2,1-2H3. The second-order valence-electron chi connectivity index (χ2n) is 4.06. The second-order valence-corrected chi connectivity index (χ2v) is 4.06. The molecule has 0 unspecified atom stereocenters. The summed E-state index contributed by atoms with van der Waals surface area (Å²) in [6, 6.07) is 0. The Morgan fingerprint density at radius 1 is 0.769 bits per heavy atom. The van der Waals surface area contributed by atoms with Crippen molar-refractivity contribution in [2.45, 2.75) is 12.8 Å². The molecule has 0 amide bonds. The van der Waals surface area contributed by atoms with E-state index in [1.54, 1.807) is 0 Å². The van der Waals surface area contributed by atoms with Gasteiger partial charge in [-0.2, -0.15) is 0 Å². The monoisotopic (exact) mass is 185 g/mol. The maximum Gasteiger partial charge on any atom is 0.0104 e. The van der Waals surface area contributed by atoms with Gasteiger partial charge in [0.25, 0.3) is 0 Å². The Hall–Kier alpha value is -0.120. The largest absolute Gasteiger partial charge is 0.314 e. The Morgan fingerprint density at radius 2 is 1.23 bits per heavy atom. The van der Waals surface area contributed by atoms with Gasteiger partial charge in [-0.05, 0) is 40.0 Å². The maximum absolute atomic E-state index is 3.46. The molecule has 0 aliphatic carbocycles. The molecule has 78 valence electrons. The second kappa shape index (κ2) is 6.35. The molecule has 1 rings (SSSR count). The van der Waals surface area contributed by atoms with Gasteiger partial charge in [0.2, 0.25) is 0 Å². The molecule has 13 heavy (non-hydrogen) atoms. The molecule has 0 aromatic carbocycles. The molecule has 0 radical (unpaired) electrons. The van der Waals surface area contributed by atoms with Crippen molar-refractivity contribution >= 4 is 0 Å². The number of likely N-dealkylation sites (N-methyl/N-ethyl adjacent to an activating group) is 2. The molecule has 1 aliphatic rings. The lowest BCUT2D eigenvalue weighted by Gasteiger charge is -2.15. The van der Waals surface area contributed by atoms with E-state index in [2.05, 4.69) is 29.2 Å². The van der Waals surface area contributed by atoms with Crippen molar-refractivity contribution in [3.63, 3.8) is 0 Å². The van der Waals surface area contributed by atoms with E-state index in [9.17, 15) is 0 Å². The first-order valence-corrected chi connectivity index (χ1v) is 5.37. The van der Waals surface area contributed by atoms with Crippen LogP contribution in [0.4, 0.5) is 0 Å². The minimum absolute atomic E-state index is 1.13. The highest BCUT2D eigenvalue weighted by atomic mass is 15.1. The van der Waals surface area contributed by atoms with Crippen molar-refractivity contribution in [2.24, 2.45) is 0 Å². The fraction of sp³-hybridized carbons (Fsp3) is 1.00. The SMILES string of the molecule is CN1CCCCN(C)CCNCC1. The highest BCUT2D eigenvalue weighted by Gasteiger charge is 2.02. The van der Waals surface area contributed by atoms with Crippen LogP contribution in [-0.2, 0) is 0 Å². The third-order valence-corrected chi connectivity index (χ3v) is 2.67. The van der Waals surface area contributed by atoms with Gasteiger partial charge in [-0.25, -0.2) is 0 Å². The van der Waals surface area contributed by atoms with Gasteiger partial charge < -0.3 is 15.1 Å². The van der Waals surface area contributed by atoms with Crippen molar-refractivity contribution < 1.29 is 0 Å². The molecule has 3 heteroatoms. The first-order valence-electron chi connectivity index (χ1n) is 5.37. The van der Waals surface area contributed by atoms with E-state index < -0.39 is 0 Å². The van der Waals surface area contributed by atoms with Crippen LogP contribution in [0.25, 0.3) is 0 Å². The smallest absolute Gasteiger partial charge is 0.0104 e. The minimum atomic E-state index is 1.13. The van der Waals surface area contributed by atoms with E-state index in [0.717, 1.165) is 13.1 Å². The van der Waals surface area contributed by atoms with Crippen LogP contribution in [0.5, 0.6) is 0 Å². The lowest BCUT2D eigenvalue weighted by atomic mass is 10.3. The predicted octanol–water partition coefficient (Wildman–Crippen LogP) is 0.233. The summed E-state index contributed by atoms with van der Waals surface area (Å²) in [4.78, 5) is 4.83. The Balaban J connectivity index is 2.22. The fourth-order valence-corrected chi connectivity index (χ4v) is 1.65. The summed E-state index contributed by atoms with van der Waals surface area (Å²) in [5.41, 5.74) is 0. The van der Waals surface area contributed by atoms with E-state index in [1.807, 2.05) is 0 Å². The molecule has 1 saturated heterocycles. The zero-order valence-electron chi connectivity index (χ0n) is 9.05. The predicted molar refractivity (Wildman–Crippen MR) is 57.1 cm³/mol. The van der Waals surface area contributed by atoms with Gasteiger partial charge in [-0.3, -0.25) is 0 Å². The van der Waals surface area contributed by atoms with Crippen LogP contribution in [0.1, 0.15) is 12.8 Å². The van der Waals surface area contributed by atoms with E-state index in [4.69, 9.17) is 0 Å². The number of rotatable bonds is 0. The summed E-state index contributed by atoms with van der Waals surface area (Å²) in [7, 11) is 4.42. The van der Waals surface area contributed by atoms with Crippen LogP contribution in [0.15, 0.2) is 0 Å². The molecular weight excluding hydrogens is 162 g/mol. The first kappa shape index (κ1) is 11.0. The summed E-state index contributed by atoms with van der Waals surface area (Å²) in [6.45, 7) is 7.12. The Bertz CT molecular complexity index is 113. The average Bonchev–Trinajstić information content (AvgIpc) is 2.14. The Labute approximate surface area is 82.1 Å². The third kappa shape index (κ3) is 5.24. The fourth-order valence-electron chi connectivity index (χ4n) is 1.65. The third-order valence-electron chi connectivity index (χ3n) is 2.67. The van der Waals surface area contributed by atoms with Gasteiger partial charge in [0, 0.05) is 26.2 Å². The molecule has 1 N–H and O–H groups in total. The number of hydrogen-bond donors (Lipinski definition) is 1. The van der Waals surface area contributed by atoms with Gasteiger partial charge in [0.15, 0.2) is 0 Å². The molecule has 0 saturated carbocycles. The molecular formula is C10H23N3. The molecule has 3 nitrogen and oxygen atoms in total. The van der Waals surface area contributed by atoms with Crippen LogP contribution >= 0.6 is 0 Å². The zero-order chi connectivity index (χ0) is 9.52. The van der Waals surface area contributed by atoms with Gasteiger partial charge >= 0.3 is 0 Å².